The van der Waals surface area contributed by atoms with Gasteiger partial charge < -0.3 is 11.2 Å². The van der Waals surface area contributed by atoms with E-state index < -0.39 is 0 Å². The fourth-order valence-electron chi connectivity index (χ4n) is 2.49. The van der Waals surface area contributed by atoms with Crippen molar-refractivity contribution in [3.05, 3.63) is 59.7 Å². The van der Waals surface area contributed by atoms with Gasteiger partial charge in [-0.3, -0.25) is 9.59 Å². The van der Waals surface area contributed by atoms with Crippen molar-refractivity contribution in [1.29, 1.82) is 0 Å². The zero-order chi connectivity index (χ0) is 19.4. The molecule has 0 saturated carbocycles. The minimum atomic E-state index is -0.256. The monoisotopic (exact) mass is 381 g/mol. The largest absolute Gasteiger partial charge is 0.335 e. The Balaban J connectivity index is 1.66. The molecular weight excluding hydrogens is 362 g/mol. The molecule has 3 rings (SSSR count). The molecule has 0 aliphatic carbocycles. The summed E-state index contributed by atoms with van der Waals surface area (Å²) in [6.45, 7) is 3.46. The molecule has 0 aliphatic heterocycles. The van der Waals surface area contributed by atoms with Gasteiger partial charge in [0, 0.05) is 11.1 Å². The SMILES string of the molecule is CC(=O)c1ccccc1NC(=O)CSc1nnc(-c2ccc(C)cc2)n1N. The number of anilines is 1. The van der Waals surface area contributed by atoms with Gasteiger partial charge >= 0.3 is 0 Å². The van der Waals surface area contributed by atoms with Crippen LogP contribution in [0.2, 0.25) is 0 Å². The van der Waals surface area contributed by atoms with Crippen molar-refractivity contribution < 1.29 is 9.59 Å². The van der Waals surface area contributed by atoms with Gasteiger partial charge in [-0.15, -0.1) is 10.2 Å². The molecule has 0 fully saturated rings. The summed E-state index contributed by atoms with van der Waals surface area (Å²) in [5.41, 5.74) is 2.95. The van der Waals surface area contributed by atoms with Crippen LogP contribution in [0.25, 0.3) is 11.4 Å². The first-order chi connectivity index (χ1) is 13.0. The van der Waals surface area contributed by atoms with E-state index in [1.165, 1.54) is 23.4 Å². The van der Waals surface area contributed by atoms with Crippen molar-refractivity contribution in [1.82, 2.24) is 14.9 Å². The predicted octanol–water partition coefficient (Wildman–Crippen LogP) is 2.90. The van der Waals surface area contributed by atoms with Crippen LogP contribution in [0.3, 0.4) is 0 Å². The summed E-state index contributed by atoms with van der Waals surface area (Å²) in [4.78, 5) is 23.9. The minimum absolute atomic E-state index is 0.0927. The van der Waals surface area contributed by atoms with E-state index in [9.17, 15) is 9.59 Å². The Bertz CT molecular complexity index is 982. The standard InChI is InChI=1S/C19H19N5O2S/c1-12-7-9-14(10-8-12)18-22-23-19(24(18)20)27-11-17(26)21-16-6-4-3-5-15(16)13(2)25/h3-10H,11,20H2,1-2H3,(H,21,26). The third-order valence-corrected chi connectivity index (χ3v) is 4.83. The molecule has 0 radical (unpaired) electrons. The molecule has 1 aromatic heterocycles. The van der Waals surface area contributed by atoms with Crippen LogP contribution in [0.5, 0.6) is 0 Å². The number of nitrogens with one attached hydrogen (secondary N) is 1. The molecule has 3 aromatic rings. The molecule has 0 aliphatic rings. The highest BCUT2D eigenvalue weighted by Gasteiger charge is 2.15. The number of thioether (sulfide) groups is 1. The lowest BCUT2D eigenvalue weighted by Gasteiger charge is -2.08. The number of amides is 1. The fraction of sp³-hybridized carbons (Fsp3) is 0.158. The summed E-state index contributed by atoms with van der Waals surface area (Å²) in [5.74, 6) is 6.33. The summed E-state index contributed by atoms with van der Waals surface area (Å²) < 4.78 is 1.37. The average molecular weight is 381 g/mol. The molecule has 0 unspecified atom stereocenters. The summed E-state index contributed by atoms with van der Waals surface area (Å²) in [7, 11) is 0. The highest BCUT2D eigenvalue weighted by molar-refractivity contribution is 7.99. The maximum absolute atomic E-state index is 12.2. The Morgan fingerprint density at radius 3 is 2.52 bits per heavy atom. The third-order valence-electron chi connectivity index (χ3n) is 3.89. The Kier molecular flexibility index (Phi) is 5.56. The van der Waals surface area contributed by atoms with Crippen LogP contribution in [0.1, 0.15) is 22.8 Å². The number of nitrogens with zero attached hydrogens (tertiary/aromatic N) is 3. The van der Waals surface area contributed by atoms with Gasteiger partial charge in [0.2, 0.25) is 11.1 Å². The maximum Gasteiger partial charge on any atom is 0.234 e. The molecule has 0 spiro atoms. The van der Waals surface area contributed by atoms with Gasteiger partial charge in [-0.2, -0.15) is 0 Å². The van der Waals surface area contributed by atoms with Gasteiger partial charge in [-0.05, 0) is 26.0 Å². The number of hydrogen-bond donors (Lipinski definition) is 2. The zero-order valence-electron chi connectivity index (χ0n) is 15.0. The van der Waals surface area contributed by atoms with Crippen molar-refractivity contribution in [2.24, 2.45) is 0 Å². The fourth-order valence-corrected chi connectivity index (χ4v) is 3.15. The summed E-state index contributed by atoms with van der Waals surface area (Å²) >= 11 is 1.17. The van der Waals surface area contributed by atoms with Gasteiger partial charge in [0.15, 0.2) is 11.6 Å². The molecule has 1 amide bonds. The van der Waals surface area contributed by atoms with Crippen LogP contribution < -0.4 is 11.2 Å². The van der Waals surface area contributed by atoms with Crippen LogP contribution in [-0.2, 0) is 4.79 Å². The summed E-state index contributed by atoms with van der Waals surface area (Å²) in [6.07, 6.45) is 0. The highest BCUT2D eigenvalue weighted by Crippen LogP contribution is 2.22. The van der Waals surface area contributed by atoms with E-state index in [-0.39, 0.29) is 17.4 Å². The van der Waals surface area contributed by atoms with Crippen LogP contribution >= 0.6 is 11.8 Å². The van der Waals surface area contributed by atoms with Gasteiger partial charge in [0.25, 0.3) is 0 Å². The van der Waals surface area contributed by atoms with Crippen molar-refractivity contribution in [3.8, 4) is 11.4 Å². The van der Waals surface area contributed by atoms with Crippen LogP contribution in [0, 0.1) is 6.92 Å². The molecule has 3 N–H and O–H groups in total. The number of aryl methyl sites for hydroxylation is 1. The number of benzene rings is 2. The van der Waals surface area contributed by atoms with Crippen LogP contribution in [-0.4, -0.2) is 32.3 Å². The quantitative estimate of drug-likeness (QED) is 0.387. The normalized spacial score (nSPS) is 10.6. The van der Waals surface area contributed by atoms with Crippen LogP contribution in [0.15, 0.2) is 53.7 Å². The molecule has 0 atom stereocenters. The minimum Gasteiger partial charge on any atom is -0.335 e. The number of nitrogen functional groups attached to an aromatic ring is 1. The van der Waals surface area contributed by atoms with Gasteiger partial charge in [-0.25, -0.2) is 4.68 Å². The van der Waals surface area contributed by atoms with Gasteiger partial charge in [0.05, 0.1) is 11.4 Å². The number of nitrogens with two attached hydrogens (primary N) is 1. The van der Waals surface area contributed by atoms with E-state index in [0.29, 0.717) is 22.2 Å². The maximum atomic E-state index is 12.2. The second-order valence-electron chi connectivity index (χ2n) is 5.98. The van der Waals surface area contributed by atoms with E-state index >= 15 is 0 Å². The Labute approximate surface area is 161 Å². The van der Waals surface area contributed by atoms with E-state index in [2.05, 4.69) is 15.5 Å². The smallest absolute Gasteiger partial charge is 0.234 e. The lowest BCUT2D eigenvalue weighted by Crippen LogP contribution is -2.17. The Hall–Kier alpha value is -3.13. The van der Waals surface area contributed by atoms with E-state index in [1.54, 1.807) is 24.3 Å². The number of carbonyl (C=O) groups is 2. The number of para-hydroxylation sites is 1. The van der Waals surface area contributed by atoms with Gasteiger partial charge in [0.1, 0.15) is 0 Å². The molecule has 0 saturated heterocycles. The lowest BCUT2D eigenvalue weighted by molar-refractivity contribution is -0.113. The Morgan fingerprint density at radius 1 is 1.11 bits per heavy atom. The number of rotatable bonds is 6. The van der Waals surface area contributed by atoms with Crippen LogP contribution in [0.4, 0.5) is 5.69 Å². The second kappa shape index (κ2) is 8.05. The van der Waals surface area contributed by atoms with E-state index in [0.717, 1.165) is 11.1 Å². The average Bonchev–Trinajstić information content (AvgIpc) is 3.01. The predicted molar refractivity (Wildman–Crippen MR) is 106 cm³/mol. The molecule has 27 heavy (non-hydrogen) atoms. The van der Waals surface area contributed by atoms with Crippen molar-refractivity contribution in [2.45, 2.75) is 19.0 Å². The van der Waals surface area contributed by atoms with Gasteiger partial charge in [-0.1, -0.05) is 53.7 Å². The van der Waals surface area contributed by atoms with E-state index in [1.807, 2.05) is 31.2 Å². The zero-order valence-corrected chi connectivity index (χ0v) is 15.8. The molecule has 1 heterocycles. The lowest BCUT2D eigenvalue weighted by atomic mass is 10.1. The third kappa shape index (κ3) is 4.35. The highest BCUT2D eigenvalue weighted by atomic mass is 32.2. The molecular formula is C19H19N5O2S. The number of ketones is 1. The number of Topliss-reactive ketones (excluding diaryl/α,β-unsaturated/α-hetero) is 1. The topological polar surface area (TPSA) is 103 Å². The summed E-state index contributed by atoms with van der Waals surface area (Å²) in [5, 5.41) is 11.3. The first-order valence-corrected chi connectivity index (χ1v) is 9.24. The summed E-state index contributed by atoms with van der Waals surface area (Å²) in [6, 6.07) is 14.7. The van der Waals surface area contributed by atoms with Crippen molar-refractivity contribution in [2.75, 3.05) is 16.9 Å². The van der Waals surface area contributed by atoms with E-state index in [4.69, 9.17) is 5.84 Å². The number of carbonyl (C=O) groups excluding carboxylic acids is 2. The molecule has 138 valence electrons. The second-order valence-corrected chi connectivity index (χ2v) is 6.92. The first-order valence-electron chi connectivity index (χ1n) is 8.26. The molecule has 2 aromatic carbocycles. The number of aromatic nitrogens is 3. The van der Waals surface area contributed by atoms with Crippen molar-refractivity contribution >= 4 is 29.1 Å². The molecule has 7 nitrogen and oxygen atoms in total. The van der Waals surface area contributed by atoms with Crippen molar-refractivity contribution in [3.63, 3.8) is 0 Å². The molecule has 0 bridgehead atoms. The first kappa shape index (κ1) is 18.7. The number of hydrogen-bond acceptors (Lipinski definition) is 6. The Morgan fingerprint density at radius 2 is 1.81 bits per heavy atom. The molecule has 8 heteroatoms.